The molecule has 0 aliphatic rings. The molecule has 0 radical (unpaired) electrons. The molecule has 8 heteroatoms. The van der Waals surface area contributed by atoms with Gasteiger partial charge < -0.3 is 20.2 Å². The van der Waals surface area contributed by atoms with Gasteiger partial charge in [-0.15, -0.1) is 0 Å². The van der Waals surface area contributed by atoms with Gasteiger partial charge in [-0.1, -0.05) is 24.3 Å². The first-order valence-electron chi connectivity index (χ1n) is 6.60. The monoisotopic (exact) mass is 304 g/mol. The van der Waals surface area contributed by atoms with E-state index in [0.29, 0.717) is 13.2 Å². The predicted molar refractivity (Wildman–Crippen MR) is 77.9 cm³/mol. The summed E-state index contributed by atoms with van der Waals surface area (Å²) >= 11 is 0. The minimum atomic E-state index is -0.601. The highest BCUT2D eigenvalue weighted by Gasteiger charge is 2.13. The zero-order chi connectivity index (χ0) is 15.9. The molecular weight excluding hydrogens is 288 g/mol. The van der Waals surface area contributed by atoms with E-state index in [1.807, 2.05) is 24.3 Å². The largest absolute Gasteiger partial charge is 0.389 e. The molecule has 8 nitrogen and oxygen atoms in total. The zero-order valence-corrected chi connectivity index (χ0v) is 12.1. The Kier molecular flexibility index (Phi) is 5.21. The van der Waals surface area contributed by atoms with Crippen molar-refractivity contribution in [3.05, 3.63) is 57.8 Å². The first-order valence-corrected chi connectivity index (χ1v) is 6.60. The highest BCUT2D eigenvalue weighted by atomic mass is 16.6. The van der Waals surface area contributed by atoms with Crippen LogP contribution in [0.4, 0.5) is 5.82 Å². The maximum Gasteiger partial charge on any atom is 0.389 e. The lowest BCUT2D eigenvalue weighted by Gasteiger charge is -2.06. The second-order valence-electron chi connectivity index (χ2n) is 4.66. The van der Waals surface area contributed by atoms with E-state index < -0.39 is 4.92 Å². The van der Waals surface area contributed by atoms with E-state index in [0.717, 1.165) is 11.1 Å². The fourth-order valence-electron chi connectivity index (χ4n) is 1.94. The van der Waals surface area contributed by atoms with Crippen LogP contribution in [0.1, 0.15) is 11.1 Å². The van der Waals surface area contributed by atoms with Crippen molar-refractivity contribution in [2.45, 2.75) is 19.7 Å². The molecule has 1 amide bonds. The van der Waals surface area contributed by atoms with E-state index in [2.05, 4.69) is 10.4 Å². The molecule has 2 aromatic rings. The fraction of sp³-hybridized carbons (Fsp3) is 0.286. The average molecular weight is 304 g/mol. The Hall–Kier alpha value is -2.74. The highest BCUT2D eigenvalue weighted by molar-refractivity contribution is 5.75. The van der Waals surface area contributed by atoms with Crippen LogP contribution in [0.25, 0.3) is 0 Å². The van der Waals surface area contributed by atoms with Gasteiger partial charge in [-0.25, -0.2) is 0 Å². The molecule has 0 unspecified atom stereocenters. The van der Waals surface area contributed by atoms with E-state index in [4.69, 9.17) is 4.74 Å². The second-order valence-corrected chi connectivity index (χ2v) is 4.66. The fourth-order valence-corrected chi connectivity index (χ4v) is 1.94. The summed E-state index contributed by atoms with van der Waals surface area (Å²) in [6.07, 6.45) is 1.40. The Labute approximate surface area is 126 Å². The number of nitrogens with one attached hydrogen (secondary N) is 1. The number of carbonyl (C=O) groups is 1. The van der Waals surface area contributed by atoms with Crippen molar-refractivity contribution in [2.24, 2.45) is 0 Å². The number of rotatable bonds is 7. The molecule has 116 valence electrons. The van der Waals surface area contributed by atoms with Crippen LogP contribution in [0.15, 0.2) is 36.5 Å². The number of nitro groups is 1. The minimum absolute atomic E-state index is 0.0639. The van der Waals surface area contributed by atoms with Crippen molar-refractivity contribution in [1.29, 1.82) is 0 Å². The van der Waals surface area contributed by atoms with E-state index in [1.165, 1.54) is 16.9 Å². The SMILES string of the molecule is COCc1cccc(CNC(=O)Cn2ccc([N+](=O)[O-])n2)c1. The summed E-state index contributed by atoms with van der Waals surface area (Å²) in [5.41, 5.74) is 1.98. The topological polar surface area (TPSA) is 99.3 Å². The number of carbonyl (C=O) groups excluding carboxylic acids is 1. The molecule has 0 saturated heterocycles. The van der Waals surface area contributed by atoms with Gasteiger partial charge in [-0.2, -0.15) is 4.68 Å². The first kappa shape index (κ1) is 15.6. The molecule has 2 rings (SSSR count). The van der Waals surface area contributed by atoms with Crippen LogP contribution in [0.2, 0.25) is 0 Å². The zero-order valence-electron chi connectivity index (χ0n) is 12.1. The summed E-state index contributed by atoms with van der Waals surface area (Å²) in [6.45, 7) is 0.824. The number of ether oxygens (including phenoxy) is 1. The van der Waals surface area contributed by atoms with Gasteiger partial charge in [0.05, 0.1) is 24.0 Å². The lowest BCUT2D eigenvalue weighted by molar-refractivity contribution is -0.389. The molecule has 0 aliphatic carbocycles. The number of benzene rings is 1. The number of hydrogen-bond donors (Lipinski definition) is 1. The van der Waals surface area contributed by atoms with Crippen molar-refractivity contribution < 1.29 is 14.5 Å². The lowest BCUT2D eigenvalue weighted by Crippen LogP contribution is -2.27. The van der Waals surface area contributed by atoms with Crippen LogP contribution < -0.4 is 5.32 Å². The summed E-state index contributed by atoms with van der Waals surface area (Å²) in [5.74, 6) is -0.546. The third kappa shape index (κ3) is 4.38. The highest BCUT2D eigenvalue weighted by Crippen LogP contribution is 2.07. The van der Waals surface area contributed by atoms with Gasteiger partial charge in [-0.05, 0) is 16.1 Å². The Balaban J connectivity index is 1.86. The minimum Gasteiger partial charge on any atom is -0.380 e. The maximum absolute atomic E-state index is 11.8. The van der Waals surface area contributed by atoms with Gasteiger partial charge in [0.25, 0.3) is 0 Å². The molecular formula is C14H16N4O4. The Morgan fingerprint density at radius 1 is 1.41 bits per heavy atom. The Morgan fingerprint density at radius 2 is 2.18 bits per heavy atom. The van der Waals surface area contributed by atoms with Crippen LogP contribution in [0, 0.1) is 10.1 Å². The van der Waals surface area contributed by atoms with Crippen molar-refractivity contribution in [2.75, 3.05) is 7.11 Å². The van der Waals surface area contributed by atoms with Crippen molar-refractivity contribution in [3.8, 4) is 0 Å². The number of amides is 1. The summed E-state index contributed by atoms with van der Waals surface area (Å²) in [7, 11) is 1.62. The van der Waals surface area contributed by atoms with E-state index in [9.17, 15) is 14.9 Å². The molecule has 0 bridgehead atoms. The quantitative estimate of drug-likeness (QED) is 0.613. The number of methoxy groups -OCH3 is 1. The standard InChI is InChI=1S/C14H16N4O4/c1-22-10-12-4-2-3-11(7-12)8-15-14(19)9-17-6-5-13(16-17)18(20)21/h2-7H,8-10H2,1H3,(H,15,19). The van der Waals surface area contributed by atoms with Crippen molar-refractivity contribution in [3.63, 3.8) is 0 Å². The molecule has 0 saturated carbocycles. The molecule has 1 heterocycles. The summed E-state index contributed by atoms with van der Waals surface area (Å²) in [4.78, 5) is 21.7. The van der Waals surface area contributed by atoms with Crippen LogP contribution in [0.3, 0.4) is 0 Å². The maximum atomic E-state index is 11.8. The van der Waals surface area contributed by atoms with E-state index >= 15 is 0 Å². The average Bonchev–Trinajstić information content (AvgIpc) is 2.95. The van der Waals surface area contributed by atoms with Crippen LogP contribution in [0.5, 0.6) is 0 Å². The third-order valence-corrected chi connectivity index (χ3v) is 2.91. The second kappa shape index (κ2) is 7.32. The molecule has 1 aromatic heterocycles. The van der Waals surface area contributed by atoms with Crippen molar-refractivity contribution >= 4 is 11.7 Å². The summed E-state index contributed by atoms with van der Waals surface area (Å²) < 4.78 is 6.29. The predicted octanol–water partition coefficient (Wildman–Crippen LogP) is 1.25. The van der Waals surface area contributed by atoms with Gasteiger partial charge >= 0.3 is 5.82 Å². The molecule has 1 aromatic carbocycles. The Morgan fingerprint density at radius 3 is 2.86 bits per heavy atom. The third-order valence-electron chi connectivity index (χ3n) is 2.91. The molecule has 1 N–H and O–H groups in total. The van der Waals surface area contributed by atoms with Gasteiger partial charge in [0, 0.05) is 13.7 Å². The molecule has 0 aliphatic heterocycles. The van der Waals surface area contributed by atoms with Crippen LogP contribution in [-0.2, 0) is 29.2 Å². The van der Waals surface area contributed by atoms with Crippen LogP contribution >= 0.6 is 0 Å². The smallest absolute Gasteiger partial charge is 0.380 e. The van der Waals surface area contributed by atoms with E-state index in [-0.39, 0.29) is 18.3 Å². The van der Waals surface area contributed by atoms with E-state index in [1.54, 1.807) is 7.11 Å². The molecule has 22 heavy (non-hydrogen) atoms. The first-order chi connectivity index (χ1) is 10.6. The number of hydrogen-bond acceptors (Lipinski definition) is 5. The molecule has 0 atom stereocenters. The van der Waals surface area contributed by atoms with Gasteiger partial charge in [0.15, 0.2) is 0 Å². The Bertz CT molecular complexity index is 668. The van der Waals surface area contributed by atoms with Crippen LogP contribution in [-0.4, -0.2) is 27.7 Å². The number of nitrogens with zero attached hydrogens (tertiary/aromatic N) is 3. The summed E-state index contributed by atoms with van der Waals surface area (Å²) in [5, 5.41) is 16.9. The molecule has 0 spiro atoms. The van der Waals surface area contributed by atoms with Gasteiger partial charge in [0.1, 0.15) is 6.54 Å². The number of aromatic nitrogens is 2. The van der Waals surface area contributed by atoms with Crippen molar-refractivity contribution in [1.82, 2.24) is 15.1 Å². The van der Waals surface area contributed by atoms with Gasteiger partial charge in [0.2, 0.25) is 5.91 Å². The lowest BCUT2D eigenvalue weighted by atomic mass is 10.1. The molecule has 0 fully saturated rings. The normalized spacial score (nSPS) is 10.4. The van der Waals surface area contributed by atoms with Gasteiger partial charge in [-0.3, -0.25) is 4.79 Å². The summed E-state index contributed by atoms with van der Waals surface area (Å²) in [6, 6.07) is 8.94.